The van der Waals surface area contributed by atoms with Crippen LogP contribution < -0.4 is 19.7 Å². The molecule has 1 aliphatic rings. The molecule has 0 spiro atoms. The number of fused-ring (bicyclic) bond motifs is 1. The van der Waals surface area contributed by atoms with Crippen molar-refractivity contribution in [1.82, 2.24) is 20.1 Å². The van der Waals surface area contributed by atoms with Gasteiger partial charge in [0.25, 0.3) is 10.0 Å². The molecular weight excluding hydrogens is 888 g/mol. The third-order valence-corrected chi connectivity index (χ3v) is 11.3. The average Bonchev–Trinajstić information content (AvgIpc) is 3.53. The smallest absolute Gasteiger partial charge is 0.425 e. The van der Waals surface area contributed by atoms with Crippen molar-refractivity contribution >= 4 is 62.3 Å². The molecule has 1 fully saturated rings. The summed E-state index contributed by atoms with van der Waals surface area (Å²) in [6, 6.07) is 3.21. The number of aromatic nitrogens is 3. The highest BCUT2D eigenvalue weighted by atomic mass is 35.5. The molecule has 0 radical (unpaired) electrons. The lowest BCUT2D eigenvalue weighted by Gasteiger charge is -2.31. The quantitative estimate of drug-likeness (QED) is 0.114. The summed E-state index contributed by atoms with van der Waals surface area (Å²) in [5.74, 6) is -3.69. The zero-order valence-corrected chi connectivity index (χ0v) is 38.9. The SMILES string of the molecule is CC(C)n1nc(-c2cc(F)c(NS(=O)(=O)c3cc(OC(F)F)ccc3Cl)cc2F)c2c(N(C(=O)OC(C)(C)C)C(=O)OC(C)(C)C)ncc(C3CCC(NC(=O)OC(C)(C)C)CC3)c21. The zero-order chi connectivity index (χ0) is 47.9. The minimum atomic E-state index is -4.85. The number of alkyl halides is 2. The number of carbonyl (C=O) groups excluding carboxylic acids is 3. The van der Waals surface area contributed by atoms with Gasteiger partial charge in [0.2, 0.25) is 0 Å². The zero-order valence-electron chi connectivity index (χ0n) is 37.4. The summed E-state index contributed by atoms with van der Waals surface area (Å²) in [4.78, 5) is 45.2. The van der Waals surface area contributed by atoms with Crippen LogP contribution in [0.1, 0.15) is 119 Å². The van der Waals surface area contributed by atoms with Gasteiger partial charge in [0.15, 0.2) is 5.82 Å². The number of rotatable bonds is 10. The number of amides is 3. The van der Waals surface area contributed by atoms with Crippen LogP contribution >= 0.6 is 11.6 Å². The number of ether oxygens (including phenoxy) is 4. The summed E-state index contributed by atoms with van der Waals surface area (Å²) >= 11 is 6.08. The van der Waals surface area contributed by atoms with Gasteiger partial charge in [-0.15, -0.1) is 0 Å². The number of nitrogens with one attached hydrogen (secondary N) is 2. The second-order valence-corrected chi connectivity index (χ2v) is 20.6. The molecule has 350 valence electrons. The molecule has 2 N–H and O–H groups in total. The summed E-state index contributed by atoms with van der Waals surface area (Å²) in [5.41, 5.74) is -3.74. The van der Waals surface area contributed by atoms with Crippen molar-refractivity contribution in [3.8, 4) is 17.0 Å². The van der Waals surface area contributed by atoms with Crippen LogP contribution in [-0.4, -0.2) is 70.9 Å². The minimum absolute atomic E-state index is 0.0637. The predicted molar refractivity (Wildman–Crippen MR) is 231 cm³/mol. The van der Waals surface area contributed by atoms with Crippen LogP contribution in [0.4, 0.5) is 43.5 Å². The molecule has 0 aliphatic heterocycles. The maximum Gasteiger partial charge on any atom is 0.425 e. The monoisotopic (exact) mass is 940 g/mol. The van der Waals surface area contributed by atoms with Crippen molar-refractivity contribution in [3.63, 3.8) is 0 Å². The molecule has 0 atom stereocenters. The second-order valence-electron chi connectivity index (χ2n) is 18.5. The minimum Gasteiger partial charge on any atom is -0.444 e. The molecule has 2 heterocycles. The highest BCUT2D eigenvalue weighted by molar-refractivity contribution is 7.92. The summed E-state index contributed by atoms with van der Waals surface area (Å²) in [5, 5.41) is 7.17. The Hall–Kier alpha value is -5.37. The number of hydrogen-bond donors (Lipinski definition) is 2. The van der Waals surface area contributed by atoms with Gasteiger partial charge in [0.1, 0.15) is 44.8 Å². The molecular formula is C43H53ClF4N6O9S. The van der Waals surface area contributed by atoms with E-state index < -0.39 is 96.3 Å². The van der Waals surface area contributed by atoms with E-state index in [-0.39, 0.29) is 28.9 Å². The predicted octanol–water partition coefficient (Wildman–Crippen LogP) is 11.2. The van der Waals surface area contributed by atoms with E-state index >= 15 is 8.78 Å². The number of anilines is 2. The van der Waals surface area contributed by atoms with E-state index in [2.05, 4.69) is 15.0 Å². The van der Waals surface area contributed by atoms with Crippen molar-refractivity contribution in [1.29, 1.82) is 0 Å². The Labute approximate surface area is 374 Å². The number of carbonyl (C=O) groups is 3. The van der Waals surface area contributed by atoms with Gasteiger partial charge in [-0.25, -0.2) is 36.6 Å². The topological polar surface area (TPSA) is 180 Å². The van der Waals surface area contributed by atoms with Crippen molar-refractivity contribution in [3.05, 3.63) is 58.7 Å². The molecule has 15 nitrogen and oxygen atoms in total. The lowest BCUT2D eigenvalue weighted by molar-refractivity contribution is -0.0500. The van der Waals surface area contributed by atoms with E-state index in [0.29, 0.717) is 59.9 Å². The van der Waals surface area contributed by atoms with Crippen LogP contribution in [0.5, 0.6) is 5.75 Å². The van der Waals surface area contributed by atoms with Gasteiger partial charge in [0, 0.05) is 36.0 Å². The van der Waals surface area contributed by atoms with Crippen LogP contribution in [0.25, 0.3) is 22.2 Å². The molecule has 3 amide bonds. The highest BCUT2D eigenvalue weighted by Crippen LogP contribution is 2.45. The van der Waals surface area contributed by atoms with Gasteiger partial charge < -0.3 is 24.3 Å². The van der Waals surface area contributed by atoms with Crippen LogP contribution in [0, 0.1) is 11.6 Å². The van der Waals surface area contributed by atoms with E-state index in [0.717, 1.165) is 12.1 Å². The summed E-state index contributed by atoms with van der Waals surface area (Å²) in [7, 11) is -4.85. The number of hydrogen-bond acceptors (Lipinski definition) is 11. The molecule has 0 saturated heterocycles. The molecule has 5 rings (SSSR count). The number of alkyl carbamates (subject to hydrolysis) is 1. The van der Waals surface area contributed by atoms with Gasteiger partial charge in [-0.1, -0.05) is 11.6 Å². The molecule has 4 aromatic rings. The van der Waals surface area contributed by atoms with Crippen molar-refractivity contribution in [2.24, 2.45) is 0 Å². The maximum atomic E-state index is 16.7. The normalized spacial score (nSPS) is 16.2. The van der Waals surface area contributed by atoms with Gasteiger partial charge in [-0.3, -0.25) is 9.40 Å². The first-order valence-electron chi connectivity index (χ1n) is 20.4. The molecule has 2 aromatic heterocycles. The summed E-state index contributed by atoms with van der Waals surface area (Å²) < 4.78 is 110. The molecule has 1 aliphatic carbocycles. The molecule has 1 saturated carbocycles. The van der Waals surface area contributed by atoms with E-state index in [9.17, 15) is 31.6 Å². The molecule has 0 unspecified atom stereocenters. The Morgan fingerprint density at radius 3 is 1.97 bits per heavy atom. The standard InChI is InChI=1S/C43H53ClF4N6O9S/c1-22(2)54-35-27(23-12-14-24(15-13-23)50-38(55)61-41(3,4)5)21-49-36(53(39(56)62-42(6,7)8)40(57)63-43(9,10)11)33(35)34(51-54)26-19-30(46)31(20-29(26)45)52-64(58,59)32-18-25(60-37(47)48)16-17-28(32)44/h16-24,37,52H,12-15H2,1-11H3,(H,50,55). The fourth-order valence-corrected chi connectivity index (χ4v) is 8.54. The van der Waals surface area contributed by atoms with Gasteiger partial charge in [0.05, 0.1) is 21.6 Å². The Bertz CT molecular complexity index is 2500. The van der Waals surface area contributed by atoms with Gasteiger partial charge in [-0.2, -0.15) is 18.8 Å². The Morgan fingerprint density at radius 1 is 0.859 bits per heavy atom. The molecule has 2 aromatic carbocycles. The fraction of sp³-hybridized carbons (Fsp3) is 0.512. The Morgan fingerprint density at radius 2 is 1.44 bits per heavy atom. The Balaban J connectivity index is 1.71. The number of sulfonamides is 1. The molecule has 64 heavy (non-hydrogen) atoms. The van der Waals surface area contributed by atoms with Crippen molar-refractivity contribution < 1.29 is 59.3 Å². The van der Waals surface area contributed by atoms with E-state index in [4.69, 9.17) is 30.9 Å². The van der Waals surface area contributed by atoms with E-state index in [1.54, 1.807) is 76.2 Å². The highest BCUT2D eigenvalue weighted by Gasteiger charge is 2.39. The van der Waals surface area contributed by atoms with Crippen LogP contribution in [-0.2, 0) is 24.2 Å². The number of nitrogens with zero attached hydrogens (tertiary/aromatic N) is 4. The van der Waals surface area contributed by atoms with E-state index in [1.165, 1.54) is 10.9 Å². The first-order chi connectivity index (χ1) is 29.4. The summed E-state index contributed by atoms with van der Waals surface area (Å²) in [6.07, 6.45) is 0.648. The molecule has 0 bridgehead atoms. The first-order valence-corrected chi connectivity index (χ1v) is 22.2. The molecule has 21 heteroatoms. The number of pyridine rings is 1. The number of benzene rings is 2. The van der Waals surface area contributed by atoms with Crippen molar-refractivity contribution in [2.75, 3.05) is 9.62 Å². The number of imide groups is 1. The van der Waals surface area contributed by atoms with Crippen LogP contribution in [0.15, 0.2) is 41.4 Å². The average molecular weight is 941 g/mol. The second kappa shape index (κ2) is 18.6. The summed E-state index contributed by atoms with van der Waals surface area (Å²) in [6.45, 7) is 15.0. The maximum absolute atomic E-state index is 16.7. The van der Waals surface area contributed by atoms with Crippen LogP contribution in [0.3, 0.4) is 0 Å². The Kier molecular flexibility index (Phi) is 14.4. The third kappa shape index (κ3) is 12.0. The van der Waals surface area contributed by atoms with E-state index in [1.807, 2.05) is 4.72 Å². The van der Waals surface area contributed by atoms with Gasteiger partial charge in [-0.05, 0) is 132 Å². The van der Waals surface area contributed by atoms with Crippen molar-refractivity contribution in [2.45, 2.75) is 148 Å². The van der Waals surface area contributed by atoms with Gasteiger partial charge >= 0.3 is 24.9 Å². The number of halogens is 5. The fourth-order valence-electron chi connectivity index (χ4n) is 6.97. The van der Waals surface area contributed by atoms with Crippen LogP contribution in [0.2, 0.25) is 5.02 Å². The largest absolute Gasteiger partial charge is 0.444 e. The lowest BCUT2D eigenvalue weighted by Crippen LogP contribution is -2.44. The third-order valence-electron chi connectivity index (χ3n) is 9.45. The first kappa shape index (κ1) is 49.6. The lowest BCUT2D eigenvalue weighted by atomic mass is 9.81.